The number of piperidine rings is 1. The monoisotopic (exact) mass is 177 g/mol. The smallest absolute Gasteiger partial charge is 0.145 e. The van der Waals surface area contributed by atoms with Crippen LogP contribution < -0.4 is 5.32 Å². The highest BCUT2D eigenvalue weighted by atomic mass is 15.0. The van der Waals surface area contributed by atoms with Crippen LogP contribution in [0.5, 0.6) is 0 Å². The normalized spacial score (nSPS) is 23.0. The Balaban J connectivity index is 2.14. The summed E-state index contributed by atoms with van der Waals surface area (Å²) in [6.45, 7) is 3.11. The van der Waals surface area contributed by atoms with Gasteiger partial charge in [0.1, 0.15) is 5.82 Å². The molecule has 2 rings (SSSR count). The minimum absolute atomic E-state index is 0.383. The van der Waals surface area contributed by atoms with E-state index in [1.165, 1.54) is 19.3 Å². The zero-order chi connectivity index (χ0) is 9.10. The van der Waals surface area contributed by atoms with Gasteiger partial charge in [-0.05, 0) is 32.4 Å². The van der Waals surface area contributed by atoms with Crippen LogP contribution >= 0.6 is 0 Å². The van der Waals surface area contributed by atoms with E-state index in [-0.39, 0.29) is 0 Å². The van der Waals surface area contributed by atoms with Crippen molar-refractivity contribution in [3.05, 3.63) is 23.8 Å². The highest BCUT2D eigenvalue weighted by molar-refractivity contribution is 5.03. The molecule has 1 unspecified atom stereocenters. The molecule has 0 radical (unpaired) electrons. The lowest BCUT2D eigenvalue weighted by molar-refractivity contribution is 0.396. The van der Waals surface area contributed by atoms with Crippen molar-refractivity contribution in [2.45, 2.75) is 32.2 Å². The van der Waals surface area contributed by atoms with Crippen molar-refractivity contribution in [1.29, 1.82) is 0 Å². The molecule has 1 fully saturated rings. The third-order valence-electron chi connectivity index (χ3n) is 2.44. The van der Waals surface area contributed by atoms with Crippen molar-refractivity contribution in [1.82, 2.24) is 15.3 Å². The number of aryl methyl sites for hydroxylation is 1. The van der Waals surface area contributed by atoms with E-state index in [9.17, 15) is 0 Å². The van der Waals surface area contributed by atoms with E-state index in [0.717, 1.165) is 18.1 Å². The first-order chi connectivity index (χ1) is 6.36. The Morgan fingerprint density at radius 2 is 2.38 bits per heavy atom. The summed E-state index contributed by atoms with van der Waals surface area (Å²) in [5, 5.41) is 3.44. The topological polar surface area (TPSA) is 37.8 Å². The second kappa shape index (κ2) is 3.83. The molecule has 0 aliphatic carbocycles. The van der Waals surface area contributed by atoms with E-state index in [2.05, 4.69) is 15.3 Å². The molecule has 1 aromatic rings. The predicted molar refractivity (Wildman–Crippen MR) is 51.4 cm³/mol. The van der Waals surface area contributed by atoms with Crippen LogP contribution in [-0.4, -0.2) is 16.5 Å². The van der Waals surface area contributed by atoms with Crippen molar-refractivity contribution >= 4 is 0 Å². The van der Waals surface area contributed by atoms with Crippen LogP contribution in [0.25, 0.3) is 0 Å². The molecule has 1 aliphatic heterocycles. The summed E-state index contributed by atoms with van der Waals surface area (Å²) < 4.78 is 0. The largest absolute Gasteiger partial charge is 0.307 e. The second-order valence-corrected chi connectivity index (χ2v) is 3.56. The van der Waals surface area contributed by atoms with Gasteiger partial charge in [-0.1, -0.05) is 6.42 Å². The maximum atomic E-state index is 4.42. The van der Waals surface area contributed by atoms with Gasteiger partial charge in [0, 0.05) is 11.9 Å². The molecule has 2 heterocycles. The van der Waals surface area contributed by atoms with Crippen molar-refractivity contribution in [3.8, 4) is 0 Å². The summed E-state index contributed by atoms with van der Waals surface area (Å²) in [6.07, 6.45) is 5.58. The molecule has 1 aromatic heterocycles. The lowest BCUT2D eigenvalue weighted by Gasteiger charge is -2.21. The van der Waals surface area contributed by atoms with Gasteiger partial charge in [-0.3, -0.25) is 0 Å². The van der Waals surface area contributed by atoms with Crippen LogP contribution in [0.4, 0.5) is 0 Å². The Morgan fingerprint density at radius 3 is 3.08 bits per heavy atom. The molecule has 0 aromatic carbocycles. The lowest BCUT2D eigenvalue weighted by atomic mass is 10.0. The van der Waals surface area contributed by atoms with Gasteiger partial charge in [-0.2, -0.15) is 0 Å². The number of hydrogen-bond donors (Lipinski definition) is 1. The summed E-state index contributed by atoms with van der Waals surface area (Å²) in [6, 6.07) is 2.32. The van der Waals surface area contributed by atoms with Crippen molar-refractivity contribution in [2.24, 2.45) is 0 Å². The molecule has 1 aliphatic rings. The number of nitrogens with zero attached hydrogens (tertiary/aromatic N) is 2. The first kappa shape index (κ1) is 8.63. The highest BCUT2D eigenvalue weighted by Crippen LogP contribution is 2.19. The fourth-order valence-corrected chi connectivity index (χ4v) is 1.71. The van der Waals surface area contributed by atoms with Crippen LogP contribution in [0.3, 0.4) is 0 Å². The molecular weight excluding hydrogens is 162 g/mol. The van der Waals surface area contributed by atoms with Gasteiger partial charge in [0.15, 0.2) is 0 Å². The summed E-state index contributed by atoms with van der Waals surface area (Å²) in [7, 11) is 0. The van der Waals surface area contributed by atoms with Crippen LogP contribution in [-0.2, 0) is 0 Å². The Kier molecular flexibility index (Phi) is 2.54. The average molecular weight is 177 g/mol. The first-order valence-electron chi connectivity index (χ1n) is 4.89. The van der Waals surface area contributed by atoms with Gasteiger partial charge in [0.25, 0.3) is 0 Å². The summed E-state index contributed by atoms with van der Waals surface area (Å²) in [5.41, 5.74) is 1.05. The molecular formula is C10H15N3. The third-order valence-corrected chi connectivity index (χ3v) is 2.44. The molecule has 0 amide bonds. The van der Waals surface area contributed by atoms with Crippen LogP contribution in [0.15, 0.2) is 12.3 Å². The Labute approximate surface area is 78.6 Å². The molecule has 1 atom stereocenters. The average Bonchev–Trinajstić information content (AvgIpc) is 2.19. The Hall–Kier alpha value is -0.960. The fourth-order valence-electron chi connectivity index (χ4n) is 1.71. The molecule has 1 saturated heterocycles. The Bertz CT molecular complexity index is 279. The van der Waals surface area contributed by atoms with Gasteiger partial charge < -0.3 is 5.32 Å². The zero-order valence-corrected chi connectivity index (χ0v) is 7.95. The molecule has 3 nitrogen and oxygen atoms in total. The second-order valence-electron chi connectivity index (χ2n) is 3.56. The summed E-state index contributed by atoms with van der Waals surface area (Å²) in [5.74, 6) is 0.958. The van der Waals surface area contributed by atoms with Gasteiger partial charge in [0.05, 0.1) is 6.04 Å². The number of aromatic nitrogens is 2. The van der Waals surface area contributed by atoms with Gasteiger partial charge in [-0.15, -0.1) is 0 Å². The van der Waals surface area contributed by atoms with E-state index >= 15 is 0 Å². The van der Waals surface area contributed by atoms with Crippen molar-refractivity contribution in [3.63, 3.8) is 0 Å². The van der Waals surface area contributed by atoms with E-state index in [0.29, 0.717) is 6.04 Å². The SMILES string of the molecule is Cc1ccnc(C2CCCCN2)n1. The molecule has 3 heteroatoms. The van der Waals surface area contributed by atoms with E-state index in [1.54, 1.807) is 0 Å². The van der Waals surface area contributed by atoms with E-state index in [1.807, 2.05) is 19.2 Å². The maximum Gasteiger partial charge on any atom is 0.145 e. The lowest BCUT2D eigenvalue weighted by Crippen LogP contribution is -2.28. The molecule has 13 heavy (non-hydrogen) atoms. The summed E-state index contributed by atoms with van der Waals surface area (Å²) >= 11 is 0. The molecule has 1 N–H and O–H groups in total. The van der Waals surface area contributed by atoms with Gasteiger partial charge in [0.2, 0.25) is 0 Å². The number of hydrogen-bond acceptors (Lipinski definition) is 3. The highest BCUT2D eigenvalue weighted by Gasteiger charge is 2.16. The molecule has 0 bridgehead atoms. The zero-order valence-electron chi connectivity index (χ0n) is 7.95. The van der Waals surface area contributed by atoms with Crippen LogP contribution in [0, 0.1) is 6.92 Å². The molecule has 0 saturated carbocycles. The third kappa shape index (κ3) is 2.04. The number of rotatable bonds is 1. The van der Waals surface area contributed by atoms with E-state index in [4.69, 9.17) is 0 Å². The standard InChI is InChI=1S/C10H15N3/c1-8-5-7-12-10(13-8)9-4-2-3-6-11-9/h5,7,9,11H,2-4,6H2,1H3. The minimum atomic E-state index is 0.383. The van der Waals surface area contributed by atoms with Crippen molar-refractivity contribution < 1.29 is 0 Å². The van der Waals surface area contributed by atoms with Crippen LogP contribution in [0.1, 0.15) is 36.8 Å². The first-order valence-corrected chi connectivity index (χ1v) is 4.89. The van der Waals surface area contributed by atoms with Crippen LogP contribution in [0.2, 0.25) is 0 Å². The fraction of sp³-hybridized carbons (Fsp3) is 0.600. The van der Waals surface area contributed by atoms with E-state index < -0.39 is 0 Å². The minimum Gasteiger partial charge on any atom is -0.307 e. The van der Waals surface area contributed by atoms with Crippen molar-refractivity contribution in [2.75, 3.05) is 6.54 Å². The number of nitrogens with one attached hydrogen (secondary N) is 1. The molecule has 0 spiro atoms. The predicted octanol–water partition coefficient (Wildman–Crippen LogP) is 1.60. The maximum absolute atomic E-state index is 4.42. The quantitative estimate of drug-likeness (QED) is 0.708. The summed E-state index contributed by atoms with van der Waals surface area (Å²) in [4.78, 5) is 8.71. The van der Waals surface area contributed by atoms with Gasteiger partial charge >= 0.3 is 0 Å². The molecule has 70 valence electrons. The van der Waals surface area contributed by atoms with Gasteiger partial charge in [-0.25, -0.2) is 9.97 Å². The Morgan fingerprint density at radius 1 is 1.46 bits per heavy atom.